The van der Waals surface area contributed by atoms with Gasteiger partial charge in [0, 0.05) is 12.6 Å². The van der Waals surface area contributed by atoms with Crippen LogP contribution in [0.3, 0.4) is 0 Å². The van der Waals surface area contributed by atoms with Crippen LogP contribution in [-0.4, -0.2) is 47.7 Å². The van der Waals surface area contributed by atoms with Gasteiger partial charge in [-0.2, -0.15) is 13.2 Å². The summed E-state index contributed by atoms with van der Waals surface area (Å²) in [6.45, 7) is 0.323. The van der Waals surface area contributed by atoms with E-state index in [2.05, 4.69) is 10.6 Å². The Hall–Kier alpha value is -1.47. The lowest BCUT2D eigenvalue weighted by molar-refractivity contribution is -0.165. The van der Waals surface area contributed by atoms with Gasteiger partial charge < -0.3 is 15.5 Å². The fourth-order valence-corrected chi connectivity index (χ4v) is 3.78. The highest BCUT2D eigenvalue weighted by atomic mass is 19.4. The first kappa shape index (κ1) is 17.4. The average molecular weight is 347 g/mol. The minimum Gasteiger partial charge on any atom is -0.352 e. The molecule has 2 unspecified atom stereocenters. The molecule has 2 atom stereocenters. The molecule has 3 fully saturated rings. The molecule has 2 aliphatic carbocycles. The van der Waals surface area contributed by atoms with Crippen LogP contribution in [0.15, 0.2) is 0 Å². The first-order chi connectivity index (χ1) is 11.4. The maximum Gasteiger partial charge on any atom is 0.408 e. The Morgan fingerprint density at radius 1 is 1.00 bits per heavy atom. The lowest BCUT2D eigenvalue weighted by Crippen LogP contribution is -2.56. The third kappa shape index (κ3) is 3.95. The molecular formula is C16H24F3N3O2. The van der Waals surface area contributed by atoms with E-state index in [0.717, 1.165) is 25.7 Å². The van der Waals surface area contributed by atoms with Gasteiger partial charge in [-0.1, -0.05) is 12.8 Å². The van der Waals surface area contributed by atoms with Crippen molar-refractivity contribution < 1.29 is 22.8 Å². The van der Waals surface area contributed by atoms with Gasteiger partial charge in [-0.05, 0) is 44.4 Å². The number of nitrogens with zero attached hydrogens (tertiary/aromatic N) is 1. The van der Waals surface area contributed by atoms with Crippen molar-refractivity contribution in [2.45, 2.75) is 75.7 Å². The van der Waals surface area contributed by atoms with E-state index in [1.807, 2.05) is 0 Å². The molecule has 24 heavy (non-hydrogen) atoms. The predicted octanol–water partition coefficient (Wildman–Crippen LogP) is 2.56. The number of hydrogen-bond acceptors (Lipinski definition) is 2. The van der Waals surface area contributed by atoms with E-state index >= 15 is 0 Å². The van der Waals surface area contributed by atoms with Crippen LogP contribution >= 0.6 is 0 Å². The monoisotopic (exact) mass is 347 g/mol. The molecule has 0 radical (unpaired) electrons. The topological polar surface area (TPSA) is 61.4 Å². The van der Waals surface area contributed by atoms with Crippen molar-refractivity contribution >= 4 is 11.9 Å². The lowest BCUT2D eigenvalue weighted by atomic mass is 9.98. The van der Waals surface area contributed by atoms with Gasteiger partial charge in [-0.25, -0.2) is 4.79 Å². The number of carbonyl (C=O) groups is 2. The molecule has 0 aromatic heterocycles. The Labute approximate surface area is 139 Å². The normalized spacial score (nSPS) is 26.5. The number of carbonyl (C=O) groups excluding carboxylic acids is 2. The first-order valence-corrected chi connectivity index (χ1v) is 8.80. The van der Waals surface area contributed by atoms with Gasteiger partial charge in [-0.15, -0.1) is 0 Å². The Bertz CT molecular complexity index is 487. The fourth-order valence-electron chi connectivity index (χ4n) is 3.78. The van der Waals surface area contributed by atoms with Gasteiger partial charge in [0.2, 0.25) is 5.91 Å². The molecule has 0 aromatic carbocycles. The average Bonchev–Trinajstić information content (AvgIpc) is 3.02. The van der Waals surface area contributed by atoms with Crippen LogP contribution in [0.1, 0.15) is 51.4 Å². The number of nitrogens with one attached hydrogen (secondary N) is 2. The van der Waals surface area contributed by atoms with Crippen LogP contribution in [0.25, 0.3) is 0 Å². The maximum absolute atomic E-state index is 13.3. The van der Waals surface area contributed by atoms with Crippen LogP contribution in [0.4, 0.5) is 18.0 Å². The van der Waals surface area contributed by atoms with Crippen LogP contribution < -0.4 is 10.6 Å². The van der Waals surface area contributed by atoms with Crippen molar-refractivity contribution in [3.8, 4) is 0 Å². The molecule has 2 saturated carbocycles. The molecule has 0 bridgehead atoms. The van der Waals surface area contributed by atoms with Crippen LogP contribution in [0.5, 0.6) is 0 Å². The third-order valence-corrected chi connectivity index (χ3v) is 5.24. The van der Waals surface area contributed by atoms with E-state index in [1.165, 1.54) is 4.90 Å². The van der Waals surface area contributed by atoms with E-state index < -0.39 is 30.2 Å². The van der Waals surface area contributed by atoms with E-state index in [9.17, 15) is 22.8 Å². The van der Waals surface area contributed by atoms with Crippen LogP contribution in [0, 0.1) is 5.92 Å². The van der Waals surface area contributed by atoms with Gasteiger partial charge in [0.15, 0.2) is 0 Å². The molecule has 1 saturated heterocycles. The summed E-state index contributed by atoms with van der Waals surface area (Å²) in [6.07, 6.45) is 1.04. The molecule has 2 N–H and O–H groups in total. The molecule has 8 heteroatoms. The Kier molecular flexibility index (Phi) is 4.92. The summed E-state index contributed by atoms with van der Waals surface area (Å²) >= 11 is 0. The molecule has 0 spiro atoms. The molecule has 1 heterocycles. The van der Waals surface area contributed by atoms with E-state index in [1.54, 1.807) is 0 Å². The number of likely N-dealkylation sites (tertiary alicyclic amines) is 1. The van der Waals surface area contributed by atoms with Crippen molar-refractivity contribution in [3.05, 3.63) is 0 Å². The second-order valence-corrected chi connectivity index (χ2v) is 7.15. The quantitative estimate of drug-likeness (QED) is 0.821. The van der Waals surface area contributed by atoms with Crippen molar-refractivity contribution in [3.63, 3.8) is 0 Å². The Balaban J connectivity index is 1.63. The number of amides is 3. The largest absolute Gasteiger partial charge is 0.408 e. The third-order valence-electron chi connectivity index (χ3n) is 5.24. The maximum atomic E-state index is 13.3. The SMILES string of the molecule is O=C(NC1CC1)C1CCCN1C(=O)NC(C1CCCC1)C(F)(F)F. The minimum atomic E-state index is -4.46. The Morgan fingerprint density at radius 3 is 2.25 bits per heavy atom. The minimum absolute atomic E-state index is 0.171. The molecule has 5 nitrogen and oxygen atoms in total. The first-order valence-electron chi connectivity index (χ1n) is 8.80. The smallest absolute Gasteiger partial charge is 0.352 e. The fraction of sp³-hybridized carbons (Fsp3) is 0.875. The highest BCUT2D eigenvalue weighted by Crippen LogP contribution is 2.36. The lowest BCUT2D eigenvalue weighted by Gasteiger charge is -2.31. The molecule has 0 aromatic rings. The number of urea groups is 1. The summed E-state index contributed by atoms with van der Waals surface area (Å²) in [5.41, 5.74) is 0. The van der Waals surface area contributed by atoms with Crippen LogP contribution in [-0.2, 0) is 4.79 Å². The van der Waals surface area contributed by atoms with E-state index in [0.29, 0.717) is 32.2 Å². The molecule has 3 aliphatic rings. The summed E-state index contributed by atoms with van der Waals surface area (Å²) in [6, 6.07) is -3.06. The summed E-state index contributed by atoms with van der Waals surface area (Å²) in [7, 11) is 0. The van der Waals surface area contributed by atoms with Crippen molar-refractivity contribution in [2.24, 2.45) is 5.92 Å². The van der Waals surface area contributed by atoms with Gasteiger partial charge in [0.1, 0.15) is 12.1 Å². The standard InChI is InChI=1S/C16H24F3N3O2/c17-16(18,19)13(10-4-1-2-5-10)21-15(24)22-9-3-6-12(22)14(23)20-11-7-8-11/h10-13H,1-9H2,(H,20,23)(H,21,24). The highest BCUT2D eigenvalue weighted by molar-refractivity contribution is 5.88. The second kappa shape index (κ2) is 6.80. The Morgan fingerprint density at radius 2 is 1.67 bits per heavy atom. The van der Waals surface area contributed by atoms with Crippen LogP contribution in [0.2, 0.25) is 0 Å². The zero-order valence-electron chi connectivity index (χ0n) is 13.6. The predicted molar refractivity (Wildman–Crippen MR) is 81.2 cm³/mol. The summed E-state index contributed by atoms with van der Waals surface area (Å²) < 4.78 is 40.0. The summed E-state index contributed by atoms with van der Waals surface area (Å²) in [5, 5.41) is 5.01. The number of halogens is 3. The second-order valence-electron chi connectivity index (χ2n) is 7.15. The van der Waals surface area contributed by atoms with Crippen molar-refractivity contribution in [2.75, 3.05) is 6.54 Å². The van der Waals surface area contributed by atoms with E-state index in [-0.39, 0.29) is 11.9 Å². The molecule has 3 amide bonds. The van der Waals surface area contributed by atoms with Gasteiger partial charge >= 0.3 is 12.2 Å². The highest BCUT2D eigenvalue weighted by Gasteiger charge is 2.47. The van der Waals surface area contributed by atoms with Gasteiger partial charge in [0.05, 0.1) is 0 Å². The van der Waals surface area contributed by atoms with Crippen molar-refractivity contribution in [1.82, 2.24) is 15.5 Å². The van der Waals surface area contributed by atoms with Gasteiger partial charge in [0.25, 0.3) is 0 Å². The van der Waals surface area contributed by atoms with Crippen molar-refractivity contribution in [1.29, 1.82) is 0 Å². The zero-order chi connectivity index (χ0) is 17.3. The zero-order valence-corrected chi connectivity index (χ0v) is 13.6. The number of hydrogen-bond donors (Lipinski definition) is 2. The molecular weight excluding hydrogens is 323 g/mol. The van der Waals surface area contributed by atoms with E-state index in [4.69, 9.17) is 0 Å². The van der Waals surface area contributed by atoms with Gasteiger partial charge in [-0.3, -0.25) is 4.79 Å². The molecule has 1 aliphatic heterocycles. The summed E-state index contributed by atoms with van der Waals surface area (Å²) in [4.78, 5) is 25.9. The molecule has 3 rings (SSSR count). The number of rotatable bonds is 4. The molecule has 136 valence electrons. The number of alkyl halides is 3. The summed E-state index contributed by atoms with van der Waals surface area (Å²) in [5.74, 6) is -0.801.